The molecule has 168 valence electrons. The number of nitrogens with zero attached hydrogens (tertiary/aromatic N) is 2. The summed E-state index contributed by atoms with van der Waals surface area (Å²) in [5.41, 5.74) is 2.61. The van der Waals surface area contributed by atoms with Crippen LogP contribution >= 0.6 is 34.8 Å². The van der Waals surface area contributed by atoms with Crippen LogP contribution in [0.3, 0.4) is 0 Å². The van der Waals surface area contributed by atoms with Crippen LogP contribution in [0.2, 0.25) is 15.1 Å². The quantitative estimate of drug-likeness (QED) is 0.419. The first-order chi connectivity index (χ1) is 15.1. The molecule has 2 aromatic carbocycles. The Morgan fingerprint density at radius 3 is 2.25 bits per heavy atom. The number of halogens is 3. The van der Waals surface area contributed by atoms with Crippen molar-refractivity contribution in [3.8, 4) is 16.9 Å². The number of benzene rings is 2. The first kappa shape index (κ1) is 24.1. The molecule has 0 aliphatic rings. The highest BCUT2D eigenvalue weighted by atomic mass is 35.5. The van der Waals surface area contributed by atoms with Gasteiger partial charge in [0.1, 0.15) is 6.04 Å². The largest absolute Gasteiger partial charge is 0.480 e. The summed E-state index contributed by atoms with van der Waals surface area (Å²) in [5.74, 6) is -1.58. The molecule has 0 fully saturated rings. The van der Waals surface area contributed by atoms with E-state index in [1.165, 1.54) is 0 Å². The van der Waals surface area contributed by atoms with Crippen molar-refractivity contribution in [3.63, 3.8) is 0 Å². The number of carboxylic acid groups (broad SMARTS) is 1. The van der Waals surface area contributed by atoms with Crippen LogP contribution in [-0.4, -0.2) is 32.8 Å². The SMILES string of the molecule is Cc1c(C(=O)NC(CC(C)C)C(=O)O)nn(-c2ccc(Cl)cc2Cl)c1-c1ccc(Cl)cc1. The van der Waals surface area contributed by atoms with E-state index in [1.807, 2.05) is 26.0 Å². The Kier molecular flexibility index (Phi) is 7.49. The van der Waals surface area contributed by atoms with Gasteiger partial charge in [-0.1, -0.05) is 60.8 Å². The fourth-order valence-corrected chi connectivity index (χ4v) is 4.02. The molecule has 1 unspecified atom stereocenters. The molecule has 0 aliphatic carbocycles. The summed E-state index contributed by atoms with van der Waals surface area (Å²) in [7, 11) is 0. The van der Waals surface area contributed by atoms with Crippen LogP contribution in [0.5, 0.6) is 0 Å². The van der Waals surface area contributed by atoms with E-state index in [0.717, 1.165) is 5.56 Å². The molecule has 9 heteroatoms. The molecule has 0 saturated carbocycles. The number of nitrogens with one attached hydrogen (secondary N) is 1. The highest BCUT2D eigenvalue weighted by Crippen LogP contribution is 2.33. The van der Waals surface area contributed by atoms with Crippen LogP contribution in [0.15, 0.2) is 42.5 Å². The lowest BCUT2D eigenvalue weighted by Crippen LogP contribution is -2.42. The van der Waals surface area contributed by atoms with Gasteiger partial charge in [0.25, 0.3) is 5.91 Å². The van der Waals surface area contributed by atoms with E-state index < -0.39 is 17.9 Å². The second kappa shape index (κ2) is 9.94. The average Bonchev–Trinajstić information content (AvgIpc) is 3.04. The van der Waals surface area contributed by atoms with Gasteiger partial charge >= 0.3 is 5.97 Å². The first-order valence-corrected chi connectivity index (χ1v) is 11.1. The van der Waals surface area contributed by atoms with Crippen molar-refractivity contribution in [3.05, 3.63) is 68.8 Å². The maximum Gasteiger partial charge on any atom is 0.326 e. The summed E-state index contributed by atoms with van der Waals surface area (Å²) in [6.07, 6.45) is 0.299. The van der Waals surface area contributed by atoms with Crippen LogP contribution < -0.4 is 5.32 Å². The van der Waals surface area contributed by atoms with Crippen LogP contribution in [0.4, 0.5) is 0 Å². The summed E-state index contributed by atoms with van der Waals surface area (Å²) < 4.78 is 1.56. The molecule has 3 rings (SSSR count). The van der Waals surface area contributed by atoms with Crippen LogP contribution in [0, 0.1) is 12.8 Å². The molecular formula is C23H22Cl3N3O3. The van der Waals surface area contributed by atoms with Crippen LogP contribution in [0.25, 0.3) is 16.9 Å². The van der Waals surface area contributed by atoms with Gasteiger partial charge in [-0.05, 0) is 49.6 Å². The molecule has 1 atom stereocenters. The molecule has 0 saturated heterocycles. The molecule has 1 aromatic heterocycles. The van der Waals surface area contributed by atoms with E-state index >= 15 is 0 Å². The predicted molar refractivity (Wildman–Crippen MR) is 127 cm³/mol. The van der Waals surface area contributed by atoms with Crippen LogP contribution in [-0.2, 0) is 4.79 Å². The molecule has 1 amide bonds. The Hall–Kier alpha value is -2.54. The summed E-state index contributed by atoms with van der Waals surface area (Å²) in [6.45, 7) is 5.54. The lowest BCUT2D eigenvalue weighted by Gasteiger charge is -2.15. The molecule has 1 heterocycles. The monoisotopic (exact) mass is 493 g/mol. The van der Waals surface area contributed by atoms with Crippen molar-refractivity contribution >= 4 is 46.7 Å². The molecule has 0 aliphatic heterocycles. The Bertz CT molecular complexity index is 1160. The zero-order chi connectivity index (χ0) is 23.6. The van der Waals surface area contributed by atoms with Crippen molar-refractivity contribution in [2.24, 2.45) is 5.92 Å². The van der Waals surface area contributed by atoms with Gasteiger partial charge < -0.3 is 10.4 Å². The summed E-state index contributed by atoms with van der Waals surface area (Å²) >= 11 is 18.5. The number of aromatic nitrogens is 2. The minimum Gasteiger partial charge on any atom is -0.480 e. The van der Waals surface area contributed by atoms with Crippen molar-refractivity contribution in [2.75, 3.05) is 0 Å². The number of carbonyl (C=O) groups is 2. The highest BCUT2D eigenvalue weighted by molar-refractivity contribution is 6.35. The Labute approximate surface area is 201 Å². The fraction of sp³-hybridized carbons (Fsp3) is 0.261. The predicted octanol–water partition coefficient (Wildman–Crippen LogP) is 6.04. The zero-order valence-electron chi connectivity index (χ0n) is 17.7. The topological polar surface area (TPSA) is 84.2 Å². The van der Waals surface area contributed by atoms with Crippen LogP contribution in [0.1, 0.15) is 36.3 Å². The third kappa shape index (κ3) is 5.26. The van der Waals surface area contributed by atoms with Crippen molar-refractivity contribution < 1.29 is 14.7 Å². The smallest absolute Gasteiger partial charge is 0.326 e. The van der Waals surface area contributed by atoms with Gasteiger partial charge in [0.05, 0.1) is 16.4 Å². The van der Waals surface area contributed by atoms with Gasteiger partial charge in [-0.2, -0.15) is 5.10 Å². The standard InChI is InChI=1S/C23H22Cl3N3O3/c1-12(2)10-18(23(31)32)27-22(30)20-13(3)21(14-4-6-15(24)7-5-14)29(28-20)19-9-8-16(25)11-17(19)26/h4-9,11-12,18H,10H2,1-3H3,(H,27,30)(H,31,32). The van der Waals surface area contributed by atoms with Gasteiger partial charge in [-0.3, -0.25) is 4.79 Å². The summed E-state index contributed by atoms with van der Waals surface area (Å²) in [6, 6.07) is 11.0. The number of rotatable bonds is 7. The maximum atomic E-state index is 13.1. The minimum absolute atomic E-state index is 0.0903. The van der Waals surface area contributed by atoms with Crippen molar-refractivity contribution in [1.29, 1.82) is 0 Å². The third-order valence-electron chi connectivity index (χ3n) is 4.90. The van der Waals surface area contributed by atoms with Crippen molar-refractivity contribution in [1.82, 2.24) is 15.1 Å². The molecule has 32 heavy (non-hydrogen) atoms. The second-order valence-electron chi connectivity index (χ2n) is 7.83. The molecule has 0 bridgehead atoms. The first-order valence-electron chi connectivity index (χ1n) is 9.93. The minimum atomic E-state index is -1.09. The zero-order valence-corrected chi connectivity index (χ0v) is 20.0. The van der Waals surface area contributed by atoms with Gasteiger partial charge in [-0.15, -0.1) is 0 Å². The van der Waals surface area contributed by atoms with Gasteiger partial charge in [0.2, 0.25) is 0 Å². The number of carbonyl (C=O) groups excluding carboxylic acids is 1. The fourth-order valence-electron chi connectivity index (χ4n) is 3.41. The number of carboxylic acids is 1. The second-order valence-corrected chi connectivity index (χ2v) is 9.11. The van der Waals surface area contributed by atoms with E-state index in [2.05, 4.69) is 10.4 Å². The number of amides is 1. The van der Waals surface area contributed by atoms with E-state index in [9.17, 15) is 14.7 Å². The Balaban J connectivity index is 2.13. The van der Waals surface area contributed by atoms with Gasteiger partial charge in [0, 0.05) is 21.2 Å². The normalized spacial score (nSPS) is 12.1. The highest BCUT2D eigenvalue weighted by Gasteiger charge is 2.27. The number of hydrogen-bond acceptors (Lipinski definition) is 3. The molecule has 0 spiro atoms. The van der Waals surface area contributed by atoms with Gasteiger partial charge in [0.15, 0.2) is 5.69 Å². The third-order valence-corrected chi connectivity index (χ3v) is 5.69. The summed E-state index contributed by atoms with van der Waals surface area (Å²) in [5, 5.41) is 18.0. The van der Waals surface area contributed by atoms with E-state index in [-0.39, 0.29) is 11.6 Å². The average molecular weight is 495 g/mol. The number of hydrogen-bond donors (Lipinski definition) is 2. The molecule has 2 N–H and O–H groups in total. The number of aliphatic carboxylic acids is 1. The Morgan fingerprint density at radius 1 is 1.06 bits per heavy atom. The maximum absolute atomic E-state index is 13.1. The lowest BCUT2D eigenvalue weighted by molar-refractivity contribution is -0.139. The van der Waals surface area contributed by atoms with E-state index in [1.54, 1.807) is 41.9 Å². The molecule has 6 nitrogen and oxygen atoms in total. The van der Waals surface area contributed by atoms with Gasteiger partial charge in [-0.25, -0.2) is 9.48 Å². The van der Waals surface area contributed by atoms with E-state index in [0.29, 0.717) is 38.4 Å². The van der Waals surface area contributed by atoms with E-state index in [4.69, 9.17) is 34.8 Å². The molecular weight excluding hydrogens is 473 g/mol. The lowest BCUT2D eigenvalue weighted by atomic mass is 10.0. The molecule has 3 aromatic rings. The summed E-state index contributed by atoms with van der Waals surface area (Å²) in [4.78, 5) is 24.7. The molecule has 0 radical (unpaired) electrons. The van der Waals surface area contributed by atoms with Crippen molar-refractivity contribution in [2.45, 2.75) is 33.2 Å². The Morgan fingerprint density at radius 2 is 1.69 bits per heavy atom.